The van der Waals surface area contributed by atoms with E-state index in [1.165, 1.54) is 18.3 Å². The van der Waals surface area contributed by atoms with Crippen molar-refractivity contribution >= 4 is 23.8 Å². The van der Waals surface area contributed by atoms with Gasteiger partial charge in [-0.1, -0.05) is 12.1 Å². The van der Waals surface area contributed by atoms with Gasteiger partial charge in [0, 0.05) is 28.3 Å². The van der Waals surface area contributed by atoms with Crippen LogP contribution in [0.2, 0.25) is 0 Å². The molecule has 0 bridgehead atoms. The zero-order chi connectivity index (χ0) is 25.6. The fourth-order valence-corrected chi connectivity index (χ4v) is 3.50. The van der Waals surface area contributed by atoms with Crippen LogP contribution in [-0.4, -0.2) is 35.8 Å². The van der Waals surface area contributed by atoms with Gasteiger partial charge in [0.25, 0.3) is 5.91 Å². The Balaban J connectivity index is 1.65. The van der Waals surface area contributed by atoms with Gasteiger partial charge in [-0.15, -0.1) is 0 Å². The Morgan fingerprint density at radius 2 is 1.83 bits per heavy atom. The van der Waals surface area contributed by atoms with E-state index in [0.29, 0.717) is 5.56 Å². The molecule has 0 spiro atoms. The molecule has 2 aromatic carbocycles. The minimum atomic E-state index is -4.46. The van der Waals surface area contributed by atoms with Crippen molar-refractivity contribution in [3.8, 4) is 5.69 Å². The number of rotatable bonds is 8. The molecule has 1 heterocycles. The number of esters is 1. The SMILES string of the molecule is CCOC(=O)c1cccc(-n2c(C)cc(/C=N\NC(=O)CNc3cccc(C(F)(F)F)c3)c2C)c1. The van der Waals surface area contributed by atoms with E-state index < -0.39 is 23.6 Å². The van der Waals surface area contributed by atoms with Crippen LogP contribution in [0.25, 0.3) is 5.69 Å². The summed E-state index contributed by atoms with van der Waals surface area (Å²) in [7, 11) is 0. The molecule has 0 radical (unpaired) electrons. The summed E-state index contributed by atoms with van der Waals surface area (Å²) >= 11 is 0. The van der Waals surface area contributed by atoms with Crippen LogP contribution in [-0.2, 0) is 15.7 Å². The molecule has 10 heteroatoms. The molecule has 0 aliphatic rings. The van der Waals surface area contributed by atoms with E-state index in [1.807, 2.05) is 30.5 Å². The van der Waals surface area contributed by atoms with Crippen LogP contribution in [0.4, 0.5) is 18.9 Å². The lowest BCUT2D eigenvalue weighted by Crippen LogP contribution is -2.26. The van der Waals surface area contributed by atoms with Gasteiger partial charge >= 0.3 is 12.1 Å². The quantitative estimate of drug-likeness (QED) is 0.271. The summed E-state index contributed by atoms with van der Waals surface area (Å²) in [6.07, 6.45) is -2.98. The van der Waals surface area contributed by atoms with Crippen molar-refractivity contribution in [2.45, 2.75) is 26.9 Å². The molecule has 35 heavy (non-hydrogen) atoms. The molecule has 0 aliphatic heterocycles. The number of ether oxygens (including phenoxy) is 1. The molecule has 7 nitrogen and oxygen atoms in total. The van der Waals surface area contributed by atoms with Crippen LogP contribution in [0, 0.1) is 13.8 Å². The van der Waals surface area contributed by atoms with Gasteiger partial charge in [-0.05, 0) is 63.2 Å². The Kier molecular flexibility index (Phi) is 7.95. The summed E-state index contributed by atoms with van der Waals surface area (Å²) in [6, 6.07) is 13.5. The number of hydrogen-bond donors (Lipinski definition) is 2. The van der Waals surface area contributed by atoms with Crippen LogP contribution in [0.3, 0.4) is 0 Å². The molecule has 3 rings (SSSR count). The van der Waals surface area contributed by atoms with Gasteiger partial charge in [0.05, 0.1) is 30.5 Å². The van der Waals surface area contributed by atoms with E-state index in [0.717, 1.165) is 34.8 Å². The Bertz CT molecular complexity index is 1250. The Morgan fingerprint density at radius 1 is 1.09 bits per heavy atom. The first-order chi connectivity index (χ1) is 16.6. The van der Waals surface area contributed by atoms with Gasteiger partial charge in [-0.25, -0.2) is 10.2 Å². The zero-order valence-corrected chi connectivity index (χ0v) is 19.4. The second kappa shape index (κ2) is 10.9. The molecule has 0 saturated heterocycles. The van der Waals surface area contributed by atoms with Crippen LogP contribution >= 0.6 is 0 Å². The highest BCUT2D eigenvalue weighted by Gasteiger charge is 2.30. The number of alkyl halides is 3. The molecule has 0 fully saturated rings. The number of anilines is 1. The monoisotopic (exact) mass is 486 g/mol. The van der Waals surface area contributed by atoms with Crippen molar-refractivity contribution in [3.63, 3.8) is 0 Å². The summed E-state index contributed by atoms with van der Waals surface area (Å²) in [4.78, 5) is 24.1. The highest BCUT2D eigenvalue weighted by molar-refractivity contribution is 5.90. The van der Waals surface area contributed by atoms with Crippen molar-refractivity contribution in [2.24, 2.45) is 5.10 Å². The minimum absolute atomic E-state index is 0.174. The van der Waals surface area contributed by atoms with Crippen molar-refractivity contribution in [1.29, 1.82) is 0 Å². The van der Waals surface area contributed by atoms with Crippen molar-refractivity contribution < 1.29 is 27.5 Å². The predicted molar refractivity (Wildman–Crippen MR) is 127 cm³/mol. The van der Waals surface area contributed by atoms with E-state index in [2.05, 4.69) is 15.8 Å². The number of amides is 1. The first kappa shape index (κ1) is 25.5. The van der Waals surface area contributed by atoms with Crippen LogP contribution < -0.4 is 10.7 Å². The van der Waals surface area contributed by atoms with Gasteiger partial charge in [0.2, 0.25) is 0 Å². The van der Waals surface area contributed by atoms with Gasteiger partial charge in [-0.3, -0.25) is 4.79 Å². The average molecular weight is 486 g/mol. The van der Waals surface area contributed by atoms with Crippen LogP contribution in [0.1, 0.15) is 39.8 Å². The summed E-state index contributed by atoms with van der Waals surface area (Å²) in [5, 5.41) is 6.60. The van der Waals surface area contributed by atoms with E-state index in [-0.39, 0.29) is 18.8 Å². The highest BCUT2D eigenvalue weighted by Crippen LogP contribution is 2.30. The fraction of sp³-hybridized carbons (Fsp3) is 0.240. The Hall–Kier alpha value is -4.08. The molecular weight excluding hydrogens is 461 g/mol. The van der Waals surface area contributed by atoms with Crippen LogP contribution in [0.5, 0.6) is 0 Å². The lowest BCUT2D eigenvalue weighted by molar-refractivity contribution is -0.137. The van der Waals surface area contributed by atoms with Gasteiger partial charge in [-0.2, -0.15) is 18.3 Å². The predicted octanol–water partition coefficient (Wildman–Crippen LogP) is 4.85. The third-order valence-corrected chi connectivity index (χ3v) is 5.12. The lowest BCUT2D eigenvalue weighted by atomic mass is 10.2. The Morgan fingerprint density at radius 3 is 2.54 bits per heavy atom. The maximum atomic E-state index is 12.8. The van der Waals surface area contributed by atoms with Crippen molar-refractivity contribution in [2.75, 3.05) is 18.5 Å². The number of aromatic nitrogens is 1. The number of nitrogens with one attached hydrogen (secondary N) is 2. The molecular formula is C25H25F3N4O3. The maximum absolute atomic E-state index is 12.8. The van der Waals surface area contributed by atoms with Crippen molar-refractivity contribution in [1.82, 2.24) is 9.99 Å². The standard InChI is InChI=1S/C25H25F3N4O3/c1-4-35-24(34)18-7-5-10-22(12-18)32-16(2)11-19(17(32)3)14-30-31-23(33)15-29-21-9-6-8-20(13-21)25(26,27)28/h5-14,29H,4,15H2,1-3H3,(H,31,33)/b30-14-. The topological polar surface area (TPSA) is 84.7 Å². The van der Waals surface area contributed by atoms with Crippen molar-refractivity contribution in [3.05, 3.63) is 82.7 Å². The number of hydrogen-bond acceptors (Lipinski definition) is 5. The highest BCUT2D eigenvalue weighted by atomic mass is 19.4. The van der Waals surface area contributed by atoms with E-state index in [1.54, 1.807) is 25.1 Å². The third-order valence-electron chi connectivity index (χ3n) is 5.12. The lowest BCUT2D eigenvalue weighted by Gasteiger charge is -2.11. The van der Waals surface area contributed by atoms with Crippen LogP contribution in [0.15, 0.2) is 59.7 Å². The number of carbonyl (C=O) groups excluding carboxylic acids is 2. The summed E-state index contributed by atoms with van der Waals surface area (Å²) < 4.78 is 45.4. The second-order valence-electron chi connectivity index (χ2n) is 7.66. The average Bonchev–Trinajstić information content (AvgIpc) is 3.10. The summed E-state index contributed by atoms with van der Waals surface area (Å²) in [5.74, 6) is -0.922. The number of nitrogens with zero attached hydrogens (tertiary/aromatic N) is 2. The molecule has 0 aliphatic carbocycles. The normalized spacial score (nSPS) is 11.5. The molecule has 1 amide bonds. The molecule has 0 atom stereocenters. The Labute approximate surface area is 200 Å². The van der Waals surface area contributed by atoms with E-state index in [9.17, 15) is 22.8 Å². The smallest absolute Gasteiger partial charge is 0.416 e. The maximum Gasteiger partial charge on any atom is 0.416 e. The zero-order valence-electron chi connectivity index (χ0n) is 19.4. The van der Waals surface area contributed by atoms with E-state index >= 15 is 0 Å². The molecule has 1 aromatic heterocycles. The first-order valence-electron chi connectivity index (χ1n) is 10.8. The minimum Gasteiger partial charge on any atom is -0.462 e. The van der Waals surface area contributed by atoms with E-state index in [4.69, 9.17) is 4.74 Å². The molecule has 0 unspecified atom stereocenters. The summed E-state index contributed by atoms with van der Waals surface area (Å²) in [6.45, 7) is 5.56. The number of benzene rings is 2. The fourth-order valence-electron chi connectivity index (χ4n) is 3.50. The van der Waals surface area contributed by atoms with Gasteiger partial charge < -0.3 is 14.6 Å². The number of carbonyl (C=O) groups is 2. The number of aryl methyl sites for hydroxylation is 1. The van der Waals surface area contributed by atoms with Gasteiger partial charge in [0.15, 0.2) is 0 Å². The molecule has 184 valence electrons. The number of halogens is 3. The summed E-state index contributed by atoms with van der Waals surface area (Å²) in [5.41, 5.74) is 5.42. The molecule has 2 N–H and O–H groups in total. The molecule has 3 aromatic rings. The third kappa shape index (κ3) is 6.50. The van der Waals surface area contributed by atoms with Gasteiger partial charge in [0.1, 0.15) is 0 Å². The first-order valence-corrected chi connectivity index (χ1v) is 10.8. The second-order valence-corrected chi connectivity index (χ2v) is 7.66. The largest absolute Gasteiger partial charge is 0.462 e. The molecule has 0 saturated carbocycles. The number of hydrazone groups is 1.